The van der Waals surface area contributed by atoms with E-state index in [1.54, 1.807) is 0 Å². The van der Waals surface area contributed by atoms with E-state index >= 15 is 0 Å². The van der Waals surface area contributed by atoms with Crippen molar-refractivity contribution in [3.63, 3.8) is 0 Å². The Balaban J connectivity index is 1.83. The summed E-state index contributed by atoms with van der Waals surface area (Å²) in [6, 6.07) is 0. The number of rotatable bonds is 2. The average molecular weight is 232 g/mol. The Morgan fingerprint density at radius 3 is 2.58 bits per heavy atom. The lowest BCUT2D eigenvalue weighted by Crippen LogP contribution is -2.34. The molecule has 3 heteroatoms. The first-order chi connectivity index (χ1) is 5.77. The zero-order chi connectivity index (χ0) is 8.55. The number of nitrogens with zero attached hydrogens (tertiary/aromatic N) is 1. The molecule has 1 aliphatic carbocycles. The summed E-state index contributed by atoms with van der Waals surface area (Å²) in [4.78, 5) is 13.6. The van der Waals surface area contributed by atoms with E-state index in [4.69, 9.17) is 0 Å². The third kappa shape index (κ3) is 1.51. The molecule has 0 N–H and O–H groups in total. The molecule has 0 radical (unpaired) electrons. The van der Waals surface area contributed by atoms with Gasteiger partial charge in [-0.05, 0) is 25.2 Å². The summed E-state index contributed by atoms with van der Waals surface area (Å²) >= 11 is 3.38. The maximum atomic E-state index is 11.5. The predicted molar refractivity (Wildman–Crippen MR) is 51.3 cm³/mol. The van der Waals surface area contributed by atoms with E-state index in [1.165, 1.54) is 19.3 Å². The molecule has 12 heavy (non-hydrogen) atoms. The number of halogens is 1. The van der Waals surface area contributed by atoms with E-state index in [0.29, 0.717) is 5.91 Å². The number of alkyl halides is 1. The van der Waals surface area contributed by atoms with E-state index in [-0.39, 0.29) is 4.83 Å². The molecule has 1 saturated heterocycles. The zero-order valence-corrected chi connectivity index (χ0v) is 8.72. The fraction of sp³-hybridized carbons (Fsp3) is 0.889. The number of hydrogen-bond acceptors (Lipinski definition) is 1. The van der Waals surface area contributed by atoms with Gasteiger partial charge in [0.05, 0.1) is 4.83 Å². The molecule has 1 heterocycles. The van der Waals surface area contributed by atoms with Gasteiger partial charge in [0, 0.05) is 13.1 Å². The van der Waals surface area contributed by atoms with E-state index in [1.807, 2.05) is 4.90 Å². The Labute approximate surface area is 81.4 Å². The number of carbonyl (C=O) groups excluding carboxylic acids is 1. The molecular weight excluding hydrogens is 218 g/mol. The van der Waals surface area contributed by atoms with Crippen LogP contribution in [0.25, 0.3) is 0 Å². The Kier molecular flexibility index (Phi) is 2.40. The minimum absolute atomic E-state index is 0.109. The van der Waals surface area contributed by atoms with E-state index in [2.05, 4.69) is 15.9 Å². The fourth-order valence-electron chi connectivity index (χ4n) is 1.87. The summed E-state index contributed by atoms with van der Waals surface area (Å²) in [5.74, 6) is 1.12. The molecule has 0 aromatic rings. The number of hydrogen-bond donors (Lipinski definition) is 0. The van der Waals surface area contributed by atoms with Crippen molar-refractivity contribution in [2.45, 2.75) is 30.5 Å². The van der Waals surface area contributed by atoms with Crippen LogP contribution >= 0.6 is 15.9 Å². The van der Waals surface area contributed by atoms with Crippen LogP contribution in [0.1, 0.15) is 25.7 Å². The van der Waals surface area contributed by atoms with Crippen molar-refractivity contribution >= 4 is 21.8 Å². The van der Waals surface area contributed by atoms with Gasteiger partial charge in [-0.2, -0.15) is 0 Å². The molecule has 1 amide bonds. The second-order valence-electron chi connectivity index (χ2n) is 3.84. The van der Waals surface area contributed by atoms with Gasteiger partial charge in [0.2, 0.25) is 5.91 Å². The second kappa shape index (κ2) is 3.36. The summed E-state index contributed by atoms with van der Waals surface area (Å²) in [5, 5.41) is 0. The van der Waals surface area contributed by atoms with Crippen LogP contribution in [0.5, 0.6) is 0 Å². The molecule has 0 bridgehead atoms. The Morgan fingerprint density at radius 2 is 2.17 bits per heavy atom. The fourth-order valence-corrected chi connectivity index (χ4v) is 2.36. The molecule has 1 aliphatic heterocycles. The zero-order valence-electron chi connectivity index (χ0n) is 7.13. The molecule has 2 aliphatic rings. The van der Waals surface area contributed by atoms with Gasteiger partial charge in [-0.25, -0.2) is 0 Å². The molecule has 0 aromatic carbocycles. The minimum atomic E-state index is 0.109. The largest absolute Gasteiger partial charge is 0.341 e. The first kappa shape index (κ1) is 8.54. The quantitative estimate of drug-likeness (QED) is 0.664. The van der Waals surface area contributed by atoms with Crippen molar-refractivity contribution in [2.24, 2.45) is 5.92 Å². The van der Waals surface area contributed by atoms with Crippen molar-refractivity contribution in [1.82, 2.24) is 4.90 Å². The molecule has 0 spiro atoms. The minimum Gasteiger partial charge on any atom is -0.341 e. The van der Waals surface area contributed by atoms with Crippen molar-refractivity contribution in [1.29, 1.82) is 0 Å². The van der Waals surface area contributed by atoms with Crippen LogP contribution in [0, 0.1) is 5.92 Å². The third-order valence-corrected chi connectivity index (χ3v) is 3.78. The van der Waals surface area contributed by atoms with Crippen LogP contribution in [0.2, 0.25) is 0 Å². The molecule has 2 fully saturated rings. The maximum Gasteiger partial charge on any atom is 0.236 e. The highest BCUT2D eigenvalue weighted by atomic mass is 79.9. The molecule has 68 valence electrons. The highest BCUT2D eigenvalue weighted by Gasteiger charge is 2.31. The van der Waals surface area contributed by atoms with Crippen LogP contribution in [0.3, 0.4) is 0 Å². The van der Waals surface area contributed by atoms with Crippen LogP contribution in [0.4, 0.5) is 0 Å². The summed E-state index contributed by atoms with van der Waals surface area (Å²) in [5.41, 5.74) is 0. The van der Waals surface area contributed by atoms with Crippen molar-refractivity contribution in [3.05, 3.63) is 0 Å². The lowest BCUT2D eigenvalue weighted by atomic mass is 9.85. The van der Waals surface area contributed by atoms with Crippen LogP contribution in [-0.2, 0) is 4.79 Å². The van der Waals surface area contributed by atoms with Gasteiger partial charge in [-0.1, -0.05) is 22.4 Å². The summed E-state index contributed by atoms with van der Waals surface area (Å²) in [6.07, 6.45) is 5.02. The van der Waals surface area contributed by atoms with E-state index < -0.39 is 0 Å². The van der Waals surface area contributed by atoms with Crippen molar-refractivity contribution in [3.8, 4) is 0 Å². The van der Waals surface area contributed by atoms with Gasteiger partial charge in [-0.15, -0.1) is 0 Å². The molecular formula is C9H14BrNO. The molecule has 1 unspecified atom stereocenters. The first-order valence-corrected chi connectivity index (χ1v) is 5.62. The van der Waals surface area contributed by atoms with Gasteiger partial charge in [0.1, 0.15) is 0 Å². The van der Waals surface area contributed by atoms with Gasteiger partial charge in [0.25, 0.3) is 0 Å². The van der Waals surface area contributed by atoms with Gasteiger partial charge in [-0.3, -0.25) is 4.79 Å². The molecule has 1 atom stereocenters. The van der Waals surface area contributed by atoms with Gasteiger partial charge < -0.3 is 4.90 Å². The molecule has 2 rings (SSSR count). The van der Waals surface area contributed by atoms with Gasteiger partial charge >= 0.3 is 0 Å². The third-order valence-electron chi connectivity index (χ3n) is 2.94. The van der Waals surface area contributed by atoms with Crippen LogP contribution in [0.15, 0.2) is 0 Å². The van der Waals surface area contributed by atoms with E-state index in [0.717, 1.165) is 25.4 Å². The highest BCUT2D eigenvalue weighted by Crippen LogP contribution is 2.29. The lowest BCUT2D eigenvalue weighted by Gasteiger charge is -2.29. The highest BCUT2D eigenvalue weighted by molar-refractivity contribution is 9.10. The SMILES string of the molecule is O=C1C(Br)CCN1CC1CCC1. The van der Waals surface area contributed by atoms with Crippen LogP contribution in [-0.4, -0.2) is 28.7 Å². The normalized spacial score (nSPS) is 30.9. The average Bonchev–Trinajstić information content (AvgIpc) is 2.27. The Morgan fingerprint density at radius 1 is 1.42 bits per heavy atom. The Hall–Kier alpha value is -0.0500. The molecule has 1 saturated carbocycles. The smallest absolute Gasteiger partial charge is 0.236 e. The molecule has 0 aromatic heterocycles. The first-order valence-electron chi connectivity index (χ1n) is 4.70. The predicted octanol–water partition coefficient (Wildman–Crippen LogP) is 1.78. The van der Waals surface area contributed by atoms with E-state index in [9.17, 15) is 4.79 Å². The molecule has 2 nitrogen and oxygen atoms in total. The monoisotopic (exact) mass is 231 g/mol. The van der Waals surface area contributed by atoms with Crippen LogP contribution < -0.4 is 0 Å². The number of amides is 1. The lowest BCUT2D eigenvalue weighted by molar-refractivity contribution is -0.128. The van der Waals surface area contributed by atoms with Gasteiger partial charge in [0.15, 0.2) is 0 Å². The summed E-state index contributed by atoms with van der Waals surface area (Å²) in [6.45, 7) is 1.98. The van der Waals surface area contributed by atoms with Crippen molar-refractivity contribution < 1.29 is 4.79 Å². The topological polar surface area (TPSA) is 20.3 Å². The van der Waals surface area contributed by atoms with Crippen molar-refractivity contribution in [2.75, 3.05) is 13.1 Å². The Bertz CT molecular complexity index is 191. The second-order valence-corrected chi connectivity index (χ2v) is 4.94. The standard InChI is InChI=1S/C9H14BrNO/c10-8-4-5-11(9(8)12)6-7-2-1-3-7/h7-8H,1-6H2. The number of likely N-dealkylation sites (tertiary alicyclic amines) is 1. The maximum absolute atomic E-state index is 11.5. The summed E-state index contributed by atoms with van der Waals surface area (Å²) in [7, 11) is 0. The summed E-state index contributed by atoms with van der Waals surface area (Å²) < 4.78 is 0. The number of carbonyl (C=O) groups is 1.